The maximum atomic E-state index is 13.1. The van der Waals surface area contributed by atoms with Crippen molar-refractivity contribution in [1.29, 1.82) is 0 Å². The molecule has 3 N–H and O–H groups in total. The molecule has 34 heavy (non-hydrogen) atoms. The predicted molar refractivity (Wildman–Crippen MR) is 123 cm³/mol. The van der Waals surface area contributed by atoms with Gasteiger partial charge in [0.05, 0.1) is 17.7 Å². The second kappa shape index (κ2) is 10.9. The lowest BCUT2D eigenvalue weighted by Crippen LogP contribution is -2.54. The second-order valence-corrected chi connectivity index (χ2v) is 9.40. The molecule has 1 aromatic carbocycles. The van der Waals surface area contributed by atoms with E-state index in [0.717, 1.165) is 16.9 Å². The molecule has 1 fully saturated rings. The SMILES string of the molecule is CC(C)(C)OC(=O)CNCCNCCCc1cccc2c1C(=O)N(C1CCC(=O)NC1=O)C2=O. The summed E-state index contributed by atoms with van der Waals surface area (Å²) in [6.45, 7) is 7.58. The highest BCUT2D eigenvalue weighted by Crippen LogP contribution is 2.30. The lowest BCUT2D eigenvalue weighted by Gasteiger charge is -2.27. The van der Waals surface area contributed by atoms with Gasteiger partial charge in [-0.05, 0) is 58.2 Å². The van der Waals surface area contributed by atoms with Gasteiger partial charge in [0.1, 0.15) is 11.6 Å². The van der Waals surface area contributed by atoms with E-state index in [2.05, 4.69) is 16.0 Å². The second-order valence-electron chi connectivity index (χ2n) is 9.40. The standard InChI is InChI=1S/C24H32N4O6/c1-24(2,3)34-19(30)14-26-13-12-25-11-5-7-15-6-4-8-16-20(15)23(33)28(22(16)32)17-9-10-18(29)27-21(17)31/h4,6,8,17,25-26H,5,7,9-14H2,1-3H3,(H,27,29,31). The van der Waals surface area contributed by atoms with Crippen LogP contribution in [0.5, 0.6) is 0 Å². The Labute approximate surface area is 198 Å². The van der Waals surface area contributed by atoms with E-state index in [9.17, 15) is 24.0 Å². The summed E-state index contributed by atoms with van der Waals surface area (Å²) in [5.74, 6) is -2.28. The fourth-order valence-corrected chi connectivity index (χ4v) is 4.07. The molecule has 0 saturated carbocycles. The number of rotatable bonds is 10. The molecular formula is C24H32N4O6. The first-order chi connectivity index (χ1) is 16.1. The van der Waals surface area contributed by atoms with Crippen molar-refractivity contribution in [3.63, 3.8) is 0 Å². The molecule has 0 radical (unpaired) electrons. The summed E-state index contributed by atoms with van der Waals surface area (Å²) in [5, 5.41) is 8.50. The van der Waals surface area contributed by atoms with Crippen molar-refractivity contribution in [3.05, 3.63) is 34.9 Å². The maximum absolute atomic E-state index is 13.1. The molecule has 0 aliphatic carbocycles. The van der Waals surface area contributed by atoms with Gasteiger partial charge in [0, 0.05) is 19.5 Å². The van der Waals surface area contributed by atoms with E-state index >= 15 is 0 Å². The Kier molecular flexibility index (Phi) is 8.16. The zero-order valence-electron chi connectivity index (χ0n) is 19.9. The molecule has 0 spiro atoms. The molecule has 1 saturated heterocycles. The van der Waals surface area contributed by atoms with Gasteiger partial charge >= 0.3 is 5.97 Å². The third-order valence-electron chi connectivity index (χ3n) is 5.52. The molecule has 0 aromatic heterocycles. The van der Waals surface area contributed by atoms with Crippen molar-refractivity contribution >= 4 is 29.6 Å². The van der Waals surface area contributed by atoms with E-state index in [1.165, 1.54) is 0 Å². The Morgan fingerprint density at radius 3 is 2.53 bits per heavy atom. The van der Waals surface area contributed by atoms with Gasteiger partial charge < -0.3 is 15.4 Å². The first kappa shape index (κ1) is 25.5. The summed E-state index contributed by atoms with van der Waals surface area (Å²) in [6.07, 6.45) is 1.55. The molecule has 2 aliphatic rings. The van der Waals surface area contributed by atoms with Crippen LogP contribution < -0.4 is 16.0 Å². The quantitative estimate of drug-likeness (QED) is 0.255. The molecular weight excluding hydrogens is 440 g/mol. The lowest BCUT2D eigenvalue weighted by atomic mass is 9.99. The van der Waals surface area contributed by atoms with Crippen LogP contribution >= 0.6 is 0 Å². The zero-order valence-corrected chi connectivity index (χ0v) is 19.9. The molecule has 2 heterocycles. The fraction of sp³-hybridized carbons (Fsp3) is 0.542. The molecule has 1 aromatic rings. The Balaban J connectivity index is 1.46. The van der Waals surface area contributed by atoms with Crippen molar-refractivity contribution < 1.29 is 28.7 Å². The molecule has 3 rings (SSSR count). The number of benzene rings is 1. The zero-order chi connectivity index (χ0) is 24.9. The third kappa shape index (κ3) is 6.27. The molecule has 2 aliphatic heterocycles. The first-order valence-corrected chi connectivity index (χ1v) is 11.6. The lowest BCUT2D eigenvalue weighted by molar-refractivity contribution is -0.153. The van der Waals surface area contributed by atoms with Gasteiger partial charge in [-0.15, -0.1) is 0 Å². The average Bonchev–Trinajstić information content (AvgIpc) is 3.00. The number of nitrogens with zero attached hydrogens (tertiary/aromatic N) is 1. The summed E-state index contributed by atoms with van der Waals surface area (Å²) >= 11 is 0. The number of aryl methyl sites for hydroxylation is 1. The largest absolute Gasteiger partial charge is 0.459 e. The highest BCUT2D eigenvalue weighted by molar-refractivity contribution is 6.24. The number of esters is 1. The van der Waals surface area contributed by atoms with Crippen LogP contribution in [0.25, 0.3) is 0 Å². The van der Waals surface area contributed by atoms with Crippen LogP contribution in [-0.4, -0.2) is 72.3 Å². The summed E-state index contributed by atoms with van der Waals surface area (Å²) in [6, 6.07) is 4.19. The normalized spacial score (nSPS) is 18.2. The molecule has 10 nitrogen and oxygen atoms in total. The van der Waals surface area contributed by atoms with Crippen molar-refractivity contribution in [3.8, 4) is 0 Å². The number of fused-ring (bicyclic) bond motifs is 1. The average molecular weight is 473 g/mol. The monoisotopic (exact) mass is 472 g/mol. The smallest absolute Gasteiger partial charge is 0.320 e. The van der Waals surface area contributed by atoms with Gasteiger partial charge in [0.2, 0.25) is 11.8 Å². The van der Waals surface area contributed by atoms with Crippen molar-refractivity contribution in [2.75, 3.05) is 26.2 Å². The number of carbonyl (C=O) groups excluding carboxylic acids is 5. The number of hydrogen-bond donors (Lipinski definition) is 3. The topological polar surface area (TPSA) is 134 Å². The Morgan fingerprint density at radius 2 is 1.82 bits per heavy atom. The molecule has 1 atom stereocenters. The van der Waals surface area contributed by atoms with E-state index in [1.54, 1.807) is 12.1 Å². The summed E-state index contributed by atoms with van der Waals surface area (Å²) in [4.78, 5) is 62.2. The van der Waals surface area contributed by atoms with Gasteiger partial charge in [-0.3, -0.25) is 34.2 Å². The number of nitrogens with one attached hydrogen (secondary N) is 3. The number of carbonyl (C=O) groups is 5. The maximum Gasteiger partial charge on any atom is 0.320 e. The van der Waals surface area contributed by atoms with E-state index in [-0.39, 0.29) is 25.4 Å². The minimum absolute atomic E-state index is 0.0922. The Morgan fingerprint density at radius 1 is 1.09 bits per heavy atom. The van der Waals surface area contributed by atoms with Crippen molar-refractivity contribution in [2.24, 2.45) is 0 Å². The minimum Gasteiger partial charge on any atom is -0.459 e. The molecule has 0 bridgehead atoms. The van der Waals surface area contributed by atoms with E-state index in [0.29, 0.717) is 37.2 Å². The molecule has 184 valence electrons. The van der Waals surface area contributed by atoms with Crippen LogP contribution in [0.15, 0.2) is 18.2 Å². The molecule has 1 unspecified atom stereocenters. The van der Waals surface area contributed by atoms with E-state index in [4.69, 9.17) is 4.74 Å². The molecule has 4 amide bonds. The Hall–Kier alpha value is -3.11. The van der Waals surface area contributed by atoms with E-state index < -0.39 is 35.3 Å². The predicted octanol–water partition coefficient (Wildman–Crippen LogP) is 0.541. The summed E-state index contributed by atoms with van der Waals surface area (Å²) in [7, 11) is 0. The van der Waals surface area contributed by atoms with Crippen molar-refractivity contribution in [1.82, 2.24) is 20.9 Å². The highest BCUT2D eigenvalue weighted by atomic mass is 16.6. The van der Waals surface area contributed by atoms with Crippen molar-refractivity contribution in [2.45, 2.75) is 58.1 Å². The van der Waals surface area contributed by atoms with Crippen LogP contribution in [0, 0.1) is 0 Å². The summed E-state index contributed by atoms with van der Waals surface area (Å²) in [5.41, 5.74) is 0.901. The van der Waals surface area contributed by atoms with Gasteiger partial charge in [-0.2, -0.15) is 0 Å². The number of piperidine rings is 1. The Bertz CT molecular complexity index is 984. The number of amides is 4. The van der Waals surface area contributed by atoms with Crippen LogP contribution in [0.1, 0.15) is 66.3 Å². The van der Waals surface area contributed by atoms with Gasteiger partial charge in [0.15, 0.2) is 0 Å². The van der Waals surface area contributed by atoms with Crippen LogP contribution in [0.4, 0.5) is 0 Å². The minimum atomic E-state index is -0.965. The van der Waals surface area contributed by atoms with Crippen LogP contribution in [-0.2, 0) is 25.5 Å². The van der Waals surface area contributed by atoms with Gasteiger partial charge in [0.25, 0.3) is 11.8 Å². The fourth-order valence-electron chi connectivity index (χ4n) is 4.07. The van der Waals surface area contributed by atoms with E-state index in [1.807, 2.05) is 26.8 Å². The number of imide groups is 2. The van der Waals surface area contributed by atoms with Crippen LogP contribution in [0.3, 0.4) is 0 Å². The van der Waals surface area contributed by atoms with Crippen LogP contribution in [0.2, 0.25) is 0 Å². The molecule has 10 heteroatoms. The summed E-state index contributed by atoms with van der Waals surface area (Å²) < 4.78 is 5.23. The highest BCUT2D eigenvalue weighted by Gasteiger charge is 2.45. The number of ether oxygens (including phenoxy) is 1. The van der Waals surface area contributed by atoms with Gasteiger partial charge in [-0.1, -0.05) is 12.1 Å². The van der Waals surface area contributed by atoms with Gasteiger partial charge in [-0.25, -0.2) is 0 Å². The first-order valence-electron chi connectivity index (χ1n) is 11.6. The number of hydrogen-bond acceptors (Lipinski definition) is 8. The third-order valence-corrected chi connectivity index (χ3v) is 5.52.